The van der Waals surface area contributed by atoms with Crippen LogP contribution in [-0.4, -0.2) is 23.9 Å². The molecule has 2 nitrogen and oxygen atoms in total. The van der Waals surface area contributed by atoms with Crippen molar-refractivity contribution in [1.82, 2.24) is 5.32 Å². The summed E-state index contributed by atoms with van der Waals surface area (Å²) in [5, 5.41) is 12.1. The summed E-state index contributed by atoms with van der Waals surface area (Å²) in [5.74, 6) is 0. The van der Waals surface area contributed by atoms with Gasteiger partial charge in [0.15, 0.2) is 6.10 Å². The Hall–Kier alpha value is -0.490. The van der Waals surface area contributed by atoms with E-state index < -0.39 is 18.8 Å². The van der Waals surface area contributed by atoms with Gasteiger partial charge in [-0.3, -0.25) is 0 Å². The summed E-state index contributed by atoms with van der Waals surface area (Å²) in [6.45, 7) is 1.09. The second-order valence-electron chi connectivity index (χ2n) is 3.86. The van der Waals surface area contributed by atoms with Crippen LogP contribution in [0.5, 0.6) is 0 Å². The molecule has 0 amide bonds. The van der Waals surface area contributed by atoms with Gasteiger partial charge >= 0.3 is 6.18 Å². The molecule has 18 heavy (non-hydrogen) atoms. The normalized spacial score (nSPS) is 15.5. The Labute approximate surface area is 113 Å². The minimum atomic E-state index is -4.62. The van der Waals surface area contributed by atoms with Crippen LogP contribution in [0, 0.1) is 0 Å². The molecule has 0 aliphatic rings. The molecule has 1 aromatic rings. The van der Waals surface area contributed by atoms with Gasteiger partial charge in [0, 0.05) is 12.6 Å². The van der Waals surface area contributed by atoms with E-state index in [0.29, 0.717) is 15.6 Å². The molecule has 0 fully saturated rings. The molecule has 0 saturated heterocycles. The summed E-state index contributed by atoms with van der Waals surface area (Å²) in [7, 11) is 0. The number of halogens is 5. The highest BCUT2D eigenvalue weighted by molar-refractivity contribution is 6.42. The first-order valence-corrected chi connectivity index (χ1v) is 5.90. The van der Waals surface area contributed by atoms with Crippen LogP contribution >= 0.6 is 23.2 Å². The zero-order chi connectivity index (χ0) is 13.9. The van der Waals surface area contributed by atoms with E-state index in [1.807, 2.05) is 0 Å². The average molecular weight is 302 g/mol. The molecule has 2 N–H and O–H groups in total. The van der Waals surface area contributed by atoms with Crippen LogP contribution in [0.25, 0.3) is 0 Å². The van der Waals surface area contributed by atoms with Crippen molar-refractivity contribution >= 4 is 23.2 Å². The Morgan fingerprint density at radius 2 is 1.89 bits per heavy atom. The molecular weight excluding hydrogens is 290 g/mol. The molecule has 2 unspecified atom stereocenters. The molecule has 1 rings (SSSR count). The van der Waals surface area contributed by atoms with E-state index in [1.165, 1.54) is 0 Å². The highest BCUT2D eigenvalue weighted by Crippen LogP contribution is 2.26. The molecular formula is C11H12Cl2F3NO. The summed E-state index contributed by atoms with van der Waals surface area (Å²) >= 11 is 11.5. The van der Waals surface area contributed by atoms with Crippen LogP contribution in [0.3, 0.4) is 0 Å². The zero-order valence-corrected chi connectivity index (χ0v) is 10.9. The van der Waals surface area contributed by atoms with E-state index in [9.17, 15) is 13.2 Å². The lowest BCUT2D eigenvalue weighted by Crippen LogP contribution is -2.39. The third-order valence-corrected chi connectivity index (χ3v) is 3.18. The summed E-state index contributed by atoms with van der Waals surface area (Å²) in [5.41, 5.74) is 0.693. The van der Waals surface area contributed by atoms with E-state index in [0.717, 1.165) is 0 Å². The number of alkyl halides is 3. The van der Waals surface area contributed by atoms with Crippen LogP contribution in [0.15, 0.2) is 18.2 Å². The Kier molecular flexibility index (Phi) is 5.28. The maximum Gasteiger partial charge on any atom is 0.415 e. The molecule has 2 atom stereocenters. The van der Waals surface area contributed by atoms with Gasteiger partial charge in [-0.25, -0.2) is 0 Å². The molecule has 0 aliphatic carbocycles. The number of aliphatic hydroxyl groups is 1. The van der Waals surface area contributed by atoms with E-state index >= 15 is 0 Å². The van der Waals surface area contributed by atoms with Gasteiger partial charge in [0.25, 0.3) is 0 Å². The molecule has 0 aromatic heterocycles. The van der Waals surface area contributed by atoms with Gasteiger partial charge < -0.3 is 10.4 Å². The predicted octanol–water partition coefficient (Wildman–Crippen LogP) is 3.57. The fraction of sp³-hybridized carbons (Fsp3) is 0.455. The Morgan fingerprint density at radius 1 is 1.28 bits per heavy atom. The molecule has 0 saturated carbocycles. The molecule has 0 spiro atoms. The number of nitrogens with one attached hydrogen (secondary N) is 1. The van der Waals surface area contributed by atoms with Gasteiger partial charge in [0.2, 0.25) is 0 Å². The van der Waals surface area contributed by atoms with Gasteiger partial charge in [-0.05, 0) is 24.6 Å². The third kappa shape index (κ3) is 4.31. The number of rotatable bonds is 4. The fourth-order valence-corrected chi connectivity index (χ4v) is 1.61. The highest BCUT2D eigenvalue weighted by Gasteiger charge is 2.37. The van der Waals surface area contributed by atoms with Gasteiger partial charge in [-0.2, -0.15) is 13.2 Å². The number of hydrogen-bond acceptors (Lipinski definition) is 2. The molecule has 0 radical (unpaired) electrons. The minimum absolute atomic E-state index is 0.333. The molecule has 7 heteroatoms. The van der Waals surface area contributed by atoms with E-state index in [1.54, 1.807) is 25.1 Å². The molecule has 0 bridgehead atoms. The summed E-state index contributed by atoms with van der Waals surface area (Å²) in [6.07, 6.45) is -7.01. The molecule has 0 heterocycles. The third-order valence-electron chi connectivity index (χ3n) is 2.44. The lowest BCUT2D eigenvalue weighted by atomic mass is 10.1. The summed E-state index contributed by atoms with van der Waals surface area (Å²) in [6, 6.07) is 4.42. The first kappa shape index (κ1) is 15.6. The standard InChI is InChI=1S/C11H12Cl2F3NO/c1-6(17-5-10(18)11(14,15)16)7-2-3-8(12)9(13)4-7/h2-4,6,10,17-18H,5H2,1H3. The van der Waals surface area contributed by atoms with E-state index in [4.69, 9.17) is 28.3 Å². The highest BCUT2D eigenvalue weighted by atomic mass is 35.5. The van der Waals surface area contributed by atoms with Crippen LogP contribution in [0.4, 0.5) is 13.2 Å². The summed E-state index contributed by atoms with van der Waals surface area (Å²) < 4.78 is 36.3. The van der Waals surface area contributed by atoms with Crippen molar-refractivity contribution in [2.24, 2.45) is 0 Å². The van der Waals surface area contributed by atoms with Crippen molar-refractivity contribution in [2.75, 3.05) is 6.54 Å². The van der Waals surface area contributed by atoms with Gasteiger partial charge in [0.05, 0.1) is 10.0 Å². The minimum Gasteiger partial charge on any atom is -0.382 e. The second kappa shape index (κ2) is 6.10. The van der Waals surface area contributed by atoms with E-state index in [-0.39, 0.29) is 6.04 Å². The SMILES string of the molecule is CC(NCC(O)C(F)(F)F)c1ccc(Cl)c(Cl)c1. The Bertz CT molecular complexity index is 412. The molecule has 102 valence electrons. The fourth-order valence-electron chi connectivity index (χ4n) is 1.30. The molecule has 0 aliphatic heterocycles. The largest absolute Gasteiger partial charge is 0.415 e. The maximum atomic E-state index is 12.1. The molecule has 1 aromatic carbocycles. The second-order valence-corrected chi connectivity index (χ2v) is 4.68. The number of benzene rings is 1. The lowest BCUT2D eigenvalue weighted by molar-refractivity contribution is -0.202. The summed E-state index contributed by atoms with van der Waals surface area (Å²) in [4.78, 5) is 0. The van der Waals surface area contributed by atoms with Gasteiger partial charge in [-0.1, -0.05) is 29.3 Å². The quantitative estimate of drug-likeness (QED) is 0.891. The number of aliphatic hydroxyl groups excluding tert-OH is 1. The first-order valence-electron chi connectivity index (χ1n) is 5.15. The van der Waals surface area contributed by atoms with Gasteiger partial charge in [-0.15, -0.1) is 0 Å². The van der Waals surface area contributed by atoms with Crippen LogP contribution in [0.1, 0.15) is 18.5 Å². The topological polar surface area (TPSA) is 32.3 Å². The lowest BCUT2D eigenvalue weighted by Gasteiger charge is -2.19. The van der Waals surface area contributed by atoms with Crippen molar-refractivity contribution < 1.29 is 18.3 Å². The number of hydrogen-bond donors (Lipinski definition) is 2. The van der Waals surface area contributed by atoms with Crippen molar-refractivity contribution in [3.05, 3.63) is 33.8 Å². The first-order chi connectivity index (χ1) is 8.21. The monoisotopic (exact) mass is 301 g/mol. The Morgan fingerprint density at radius 3 is 2.39 bits per heavy atom. The van der Waals surface area contributed by atoms with Crippen molar-refractivity contribution in [3.8, 4) is 0 Å². The van der Waals surface area contributed by atoms with Crippen LogP contribution < -0.4 is 5.32 Å². The predicted molar refractivity (Wildman–Crippen MR) is 64.9 cm³/mol. The van der Waals surface area contributed by atoms with Crippen LogP contribution in [-0.2, 0) is 0 Å². The zero-order valence-electron chi connectivity index (χ0n) is 9.43. The average Bonchev–Trinajstić information content (AvgIpc) is 2.27. The van der Waals surface area contributed by atoms with Crippen LogP contribution in [0.2, 0.25) is 10.0 Å². The Balaban J connectivity index is 2.60. The van der Waals surface area contributed by atoms with Crippen molar-refractivity contribution in [1.29, 1.82) is 0 Å². The van der Waals surface area contributed by atoms with Crippen molar-refractivity contribution in [2.45, 2.75) is 25.2 Å². The smallest absolute Gasteiger partial charge is 0.382 e. The maximum absolute atomic E-state index is 12.1. The van der Waals surface area contributed by atoms with E-state index in [2.05, 4.69) is 5.32 Å². The van der Waals surface area contributed by atoms with Crippen molar-refractivity contribution in [3.63, 3.8) is 0 Å². The van der Waals surface area contributed by atoms with Gasteiger partial charge in [0.1, 0.15) is 0 Å².